The Hall–Kier alpha value is -0.160. The minimum Gasteiger partial charge on any atom is -0.328 e. The molecule has 8 N–H and O–H groups in total. The topological polar surface area (TPSA) is 104 Å². The first kappa shape index (κ1) is 26.8. The fraction of sp³-hybridized carbons (Fsp3) is 1.00. The second kappa shape index (κ2) is 19.2. The average Bonchev–Trinajstić information content (AvgIpc) is 2.61. The molecule has 4 heteroatoms. The number of unbranched alkanes of at least 4 members (excludes halogenated alkanes) is 15. The largest absolute Gasteiger partial charge is 0.328 e. The summed E-state index contributed by atoms with van der Waals surface area (Å²) in [4.78, 5) is 0. The maximum Gasteiger partial charge on any atom is 0.115 e. The minimum absolute atomic E-state index is 0.429. The molecule has 4 nitrogen and oxygen atoms in total. The van der Waals surface area contributed by atoms with E-state index in [2.05, 4.69) is 6.92 Å². The zero-order valence-corrected chi connectivity index (χ0v) is 18.5. The number of hydrogen-bond donors (Lipinski definition) is 4. The summed E-state index contributed by atoms with van der Waals surface area (Å²) < 4.78 is 0. The molecule has 0 radical (unpaired) electrons. The molecule has 0 saturated carbocycles. The molecule has 0 saturated heterocycles. The van der Waals surface area contributed by atoms with Gasteiger partial charge in [0.1, 0.15) is 5.79 Å². The zero-order valence-electron chi connectivity index (χ0n) is 18.5. The highest BCUT2D eigenvalue weighted by molar-refractivity contribution is 4.67. The van der Waals surface area contributed by atoms with Crippen molar-refractivity contribution in [1.29, 1.82) is 0 Å². The minimum atomic E-state index is -0.979. The van der Waals surface area contributed by atoms with Crippen molar-refractivity contribution in [2.45, 2.75) is 147 Å². The van der Waals surface area contributed by atoms with E-state index in [1.807, 2.05) is 0 Å². The molecule has 0 aliphatic rings. The Morgan fingerprint density at radius 1 is 0.519 bits per heavy atom. The second-order valence-electron chi connectivity index (χ2n) is 8.86. The molecule has 0 fully saturated rings. The molecule has 164 valence electrons. The molecule has 0 spiro atoms. The van der Waals surface area contributed by atoms with Gasteiger partial charge in [-0.3, -0.25) is 0 Å². The van der Waals surface area contributed by atoms with Crippen molar-refractivity contribution in [2.75, 3.05) is 0 Å². The quantitative estimate of drug-likeness (QED) is 0.151. The van der Waals surface area contributed by atoms with Gasteiger partial charge < -0.3 is 22.9 Å². The first-order valence-corrected chi connectivity index (χ1v) is 12.1. The average molecular weight is 385 g/mol. The Morgan fingerprint density at radius 3 is 1.22 bits per heavy atom. The molecule has 0 aromatic rings. The van der Waals surface area contributed by atoms with E-state index in [0.29, 0.717) is 12.5 Å². The van der Waals surface area contributed by atoms with Crippen LogP contribution in [0.5, 0.6) is 0 Å². The van der Waals surface area contributed by atoms with Crippen molar-refractivity contribution >= 4 is 0 Å². The van der Waals surface area contributed by atoms with Gasteiger partial charge in [-0.2, -0.15) is 0 Å². The van der Waals surface area contributed by atoms with Gasteiger partial charge in [0.15, 0.2) is 0 Å². The number of hydrogen-bond acceptors (Lipinski definition) is 4. The summed E-state index contributed by atoms with van der Waals surface area (Å²) in [7, 11) is 0. The summed E-state index contributed by atoms with van der Waals surface area (Å²) in [5.74, 6) is -0.979. The summed E-state index contributed by atoms with van der Waals surface area (Å²) >= 11 is 0. The highest BCUT2D eigenvalue weighted by Gasteiger charge is 2.09. The molecule has 1 atom stereocenters. The zero-order chi connectivity index (χ0) is 20.2. The monoisotopic (exact) mass is 384 g/mol. The van der Waals surface area contributed by atoms with Gasteiger partial charge >= 0.3 is 0 Å². The van der Waals surface area contributed by atoms with Gasteiger partial charge in [0.05, 0.1) is 0 Å². The smallest absolute Gasteiger partial charge is 0.115 e. The molecule has 0 aromatic heterocycles. The second-order valence-corrected chi connectivity index (χ2v) is 8.86. The van der Waals surface area contributed by atoms with Crippen molar-refractivity contribution in [1.82, 2.24) is 0 Å². The summed E-state index contributed by atoms with van der Waals surface area (Å²) in [6.45, 7) is 2.28. The van der Waals surface area contributed by atoms with E-state index in [9.17, 15) is 0 Å². The molecule has 0 aliphatic carbocycles. The summed E-state index contributed by atoms with van der Waals surface area (Å²) in [5.41, 5.74) is 23.0. The highest BCUT2D eigenvalue weighted by Crippen LogP contribution is 2.15. The molecule has 0 rings (SSSR count). The van der Waals surface area contributed by atoms with E-state index >= 15 is 0 Å². The van der Waals surface area contributed by atoms with E-state index in [0.717, 1.165) is 6.42 Å². The van der Waals surface area contributed by atoms with Gasteiger partial charge in [-0.05, 0) is 25.7 Å². The van der Waals surface area contributed by atoms with Crippen molar-refractivity contribution in [2.24, 2.45) is 22.9 Å². The Balaban J connectivity index is 3.18. The van der Waals surface area contributed by atoms with E-state index in [4.69, 9.17) is 22.9 Å². The van der Waals surface area contributed by atoms with Crippen molar-refractivity contribution in [3.63, 3.8) is 0 Å². The Labute approximate surface area is 170 Å². The third kappa shape index (κ3) is 23.8. The van der Waals surface area contributed by atoms with Crippen molar-refractivity contribution in [3.8, 4) is 0 Å². The number of nitrogens with two attached hydrogens (primary N) is 4. The molecule has 0 aliphatic heterocycles. The first-order valence-electron chi connectivity index (χ1n) is 12.1. The predicted molar refractivity (Wildman–Crippen MR) is 121 cm³/mol. The normalized spacial score (nSPS) is 13.2. The van der Waals surface area contributed by atoms with Crippen molar-refractivity contribution < 1.29 is 0 Å². The summed E-state index contributed by atoms with van der Waals surface area (Å²) in [5, 5.41) is 0. The third-order valence-electron chi connectivity index (χ3n) is 5.61. The lowest BCUT2D eigenvalue weighted by Gasteiger charge is -2.17. The van der Waals surface area contributed by atoms with Gasteiger partial charge in [-0.1, -0.05) is 110 Å². The van der Waals surface area contributed by atoms with E-state index in [1.165, 1.54) is 116 Å². The van der Waals surface area contributed by atoms with E-state index in [1.54, 1.807) is 0 Å². The molecule has 0 aromatic carbocycles. The Bertz CT molecular complexity index is 289. The highest BCUT2D eigenvalue weighted by atomic mass is 15.1. The lowest BCUT2D eigenvalue weighted by Crippen LogP contribution is -2.57. The maximum atomic E-state index is 6.27. The van der Waals surface area contributed by atoms with E-state index in [-0.39, 0.29) is 0 Å². The number of rotatable bonds is 21. The van der Waals surface area contributed by atoms with Crippen LogP contribution in [0.3, 0.4) is 0 Å². The SMILES string of the molecule is CCCCCCCCCCCC(N)CCCCCCCCCCC(N)(N)N. The van der Waals surface area contributed by atoms with Crippen LogP contribution in [0.2, 0.25) is 0 Å². The van der Waals surface area contributed by atoms with Crippen LogP contribution < -0.4 is 22.9 Å². The predicted octanol–water partition coefficient (Wildman–Crippen LogP) is 5.67. The molecular formula is C23H52N4. The van der Waals surface area contributed by atoms with Crippen molar-refractivity contribution in [3.05, 3.63) is 0 Å². The molecular weight excluding hydrogens is 332 g/mol. The van der Waals surface area contributed by atoms with Crippen LogP contribution in [0.15, 0.2) is 0 Å². The lowest BCUT2D eigenvalue weighted by atomic mass is 10.00. The Kier molecular flexibility index (Phi) is 19.1. The fourth-order valence-electron chi connectivity index (χ4n) is 3.76. The van der Waals surface area contributed by atoms with Crippen LogP contribution in [-0.4, -0.2) is 11.8 Å². The fourth-order valence-corrected chi connectivity index (χ4v) is 3.76. The van der Waals surface area contributed by atoms with Gasteiger partial charge in [0.2, 0.25) is 0 Å². The van der Waals surface area contributed by atoms with Crippen LogP contribution in [0.1, 0.15) is 135 Å². The summed E-state index contributed by atoms with van der Waals surface area (Å²) in [6, 6.07) is 0.429. The molecule has 1 unspecified atom stereocenters. The third-order valence-corrected chi connectivity index (χ3v) is 5.61. The first-order chi connectivity index (χ1) is 13.0. The molecule has 0 bridgehead atoms. The molecule has 27 heavy (non-hydrogen) atoms. The van der Waals surface area contributed by atoms with Gasteiger partial charge in [-0.15, -0.1) is 0 Å². The Morgan fingerprint density at radius 2 is 0.852 bits per heavy atom. The summed E-state index contributed by atoms with van der Waals surface area (Å²) in [6.07, 6.45) is 25.9. The molecule has 0 heterocycles. The lowest BCUT2D eigenvalue weighted by molar-refractivity contribution is 0.399. The molecule has 0 amide bonds. The maximum absolute atomic E-state index is 6.27. The van der Waals surface area contributed by atoms with Gasteiger partial charge in [-0.25, -0.2) is 0 Å². The van der Waals surface area contributed by atoms with Crippen LogP contribution in [0, 0.1) is 0 Å². The van der Waals surface area contributed by atoms with Crippen LogP contribution >= 0.6 is 0 Å². The standard InChI is InChI=1S/C23H52N4/c1-2-3-4-5-6-7-10-13-16-19-22(24)20-17-14-11-8-9-12-15-18-21-23(25,26)27/h22H,2-21,24-27H2,1H3. The van der Waals surface area contributed by atoms with E-state index < -0.39 is 5.79 Å². The van der Waals surface area contributed by atoms with Crippen LogP contribution in [0.4, 0.5) is 0 Å². The van der Waals surface area contributed by atoms with Gasteiger partial charge in [0.25, 0.3) is 0 Å². The van der Waals surface area contributed by atoms with Gasteiger partial charge in [0, 0.05) is 6.04 Å². The van der Waals surface area contributed by atoms with Crippen LogP contribution in [0.25, 0.3) is 0 Å². The van der Waals surface area contributed by atoms with Crippen LogP contribution in [-0.2, 0) is 0 Å².